The van der Waals surface area contributed by atoms with Gasteiger partial charge in [-0.2, -0.15) is 0 Å². The predicted molar refractivity (Wildman–Crippen MR) is 114 cm³/mol. The van der Waals surface area contributed by atoms with Crippen LogP contribution in [0.2, 0.25) is 0 Å². The third kappa shape index (κ3) is 2.77. The van der Waals surface area contributed by atoms with Crippen LogP contribution in [0.25, 0.3) is 17.0 Å². The summed E-state index contributed by atoms with van der Waals surface area (Å²) >= 11 is 6.85. The topological polar surface area (TPSA) is 25.2 Å². The lowest BCUT2D eigenvalue weighted by atomic mass is 10.1. The highest BCUT2D eigenvalue weighted by Gasteiger charge is 2.33. The van der Waals surface area contributed by atoms with Gasteiger partial charge >= 0.3 is 0 Å². The van der Waals surface area contributed by atoms with Gasteiger partial charge in [0.1, 0.15) is 0 Å². The molecule has 26 heavy (non-hydrogen) atoms. The van der Waals surface area contributed by atoms with Crippen molar-refractivity contribution < 1.29 is 4.79 Å². The molecule has 1 aliphatic rings. The van der Waals surface area contributed by atoms with Gasteiger partial charge in [-0.1, -0.05) is 48.2 Å². The molecule has 0 unspecified atom stereocenters. The number of anilines is 1. The maximum absolute atomic E-state index is 13.0. The summed E-state index contributed by atoms with van der Waals surface area (Å²) in [6.07, 6.45) is 4.00. The van der Waals surface area contributed by atoms with Gasteiger partial charge in [0.2, 0.25) is 0 Å². The van der Waals surface area contributed by atoms with Gasteiger partial charge in [-0.25, -0.2) is 0 Å². The Kier molecular flexibility index (Phi) is 4.21. The summed E-state index contributed by atoms with van der Waals surface area (Å²) in [5.41, 5.74) is 5.35. The third-order valence-electron chi connectivity index (χ3n) is 4.76. The molecule has 1 amide bonds. The second-order valence-corrected chi connectivity index (χ2v) is 8.17. The van der Waals surface area contributed by atoms with E-state index in [1.54, 1.807) is 4.90 Å². The molecule has 0 saturated carbocycles. The summed E-state index contributed by atoms with van der Waals surface area (Å²) in [7, 11) is 2.01. The van der Waals surface area contributed by atoms with Crippen molar-refractivity contribution in [1.29, 1.82) is 0 Å². The number of nitrogens with zero attached hydrogens (tertiary/aromatic N) is 2. The molecule has 0 spiro atoms. The first-order valence-corrected chi connectivity index (χ1v) is 9.57. The van der Waals surface area contributed by atoms with Crippen LogP contribution in [0.4, 0.5) is 5.69 Å². The molecule has 0 atom stereocenters. The Bertz CT molecular complexity index is 1090. The molecule has 1 saturated heterocycles. The van der Waals surface area contributed by atoms with Crippen molar-refractivity contribution in [3.8, 4) is 0 Å². The summed E-state index contributed by atoms with van der Waals surface area (Å²) in [5, 5.41) is 1.13. The summed E-state index contributed by atoms with van der Waals surface area (Å²) in [6, 6.07) is 14.2. The molecule has 4 rings (SSSR count). The largest absolute Gasteiger partial charge is 0.350 e. The molecule has 0 radical (unpaired) electrons. The van der Waals surface area contributed by atoms with Gasteiger partial charge in [0.15, 0.2) is 4.32 Å². The van der Waals surface area contributed by atoms with Gasteiger partial charge in [-0.15, -0.1) is 0 Å². The zero-order valence-corrected chi connectivity index (χ0v) is 16.4. The van der Waals surface area contributed by atoms with Crippen LogP contribution in [0.1, 0.15) is 16.7 Å². The number of carbonyl (C=O) groups is 1. The Hall–Kier alpha value is -2.37. The van der Waals surface area contributed by atoms with Crippen LogP contribution in [0.5, 0.6) is 0 Å². The quantitative estimate of drug-likeness (QED) is 0.453. The van der Waals surface area contributed by atoms with E-state index < -0.39 is 0 Å². The maximum Gasteiger partial charge on any atom is 0.270 e. The van der Waals surface area contributed by atoms with E-state index in [2.05, 4.69) is 23.6 Å². The summed E-state index contributed by atoms with van der Waals surface area (Å²) in [6.45, 7) is 4.10. The fourth-order valence-electron chi connectivity index (χ4n) is 3.18. The van der Waals surface area contributed by atoms with Gasteiger partial charge in [0, 0.05) is 29.7 Å². The highest BCUT2D eigenvalue weighted by atomic mass is 32.2. The maximum atomic E-state index is 13.0. The SMILES string of the molecule is Cc1ccc(N2C(=O)/C(=C\c3cn(C)c4ccccc34)SC2=S)cc1C. The number of carbonyl (C=O) groups excluding carboxylic acids is 1. The fourth-order valence-corrected chi connectivity index (χ4v) is 4.47. The molecule has 5 heteroatoms. The van der Waals surface area contributed by atoms with Crippen molar-refractivity contribution in [2.75, 3.05) is 4.90 Å². The second-order valence-electron chi connectivity index (χ2n) is 6.50. The number of para-hydroxylation sites is 1. The highest BCUT2D eigenvalue weighted by molar-refractivity contribution is 8.27. The van der Waals surface area contributed by atoms with Gasteiger partial charge in [-0.05, 0) is 49.2 Å². The van der Waals surface area contributed by atoms with Crippen LogP contribution in [0.3, 0.4) is 0 Å². The molecule has 3 nitrogen and oxygen atoms in total. The molecule has 0 bridgehead atoms. The standard InChI is InChI=1S/C21H18N2OS2/c1-13-8-9-16(10-14(13)2)23-20(24)19(26-21(23)25)11-15-12-22(3)18-7-5-4-6-17(15)18/h4-12H,1-3H3/b19-11+. The van der Waals surface area contributed by atoms with Crippen molar-refractivity contribution in [3.05, 3.63) is 70.3 Å². The fraction of sp³-hybridized carbons (Fsp3) is 0.143. The lowest BCUT2D eigenvalue weighted by molar-refractivity contribution is -0.113. The van der Waals surface area contributed by atoms with Gasteiger partial charge < -0.3 is 4.57 Å². The van der Waals surface area contributed by atoms with Crippen LogP contribution >= 0.6 is 24.0 Å². The van der Waals surface area contributed by atoms with E-state index in [9.17, 15) is 4.79 Å². The second kappa shape index (κ2) is 6.41. The Morgan fingerprint density at radius 3 is 2.62 bits per heavy atom. The number of fused-ring (bicyclic) bond motifs is 1. The van der Waals surface area contributed by atoms with E-state index in [0.717, 1.165) is 27.7 Å². The predicted octanol–water partition coefficient (Wildman–Crippen LogP) is 5.20. The van der Waals surface area contributed by atoms with Crippen molar-refractivity contribution in [2.45, 2.75) is 13.8 Å². The van der Waals surface area contributed by atoms with Crippen LogP contribution in [0, 0.1) is 13.8 Å². The molecule has 1 fully saturated rings. The number of aromatic nitrogens is 1. The Morgan fingerprint density at radius 1 is 1.08 bits per heavy atom. The number of hydrogen-bond acceptors (Lipinski definition) is 3. The average Bonchev–Trinajstić information content (AvgIpc) is 3.08. The lowest BCUT2D eigenvalue weighted by Crippen LogP contribution is -2.27. The number of thiocarbonyl (C=S) groups is 1. The Balaban J connectivity index is 1.74. The molecule has 130 valence electrons. The average molecular weight is 379 g/mol. The summed E-state index contributed by atoms with van der Waals surface area (Å²) in [5.74, 6) is -0.0591. The minimum Gasteiger partial charge on any atom is -0.350 e. The number of benzene rings is 2. The van der Waals surface area contributed by atoms with Crippen LogP contribution in [-0.2, 0) is 11.8 Å². The van der Waals surface area contributed by atoms with Crippen LogP contribution < -0.4 is 4.90 Å². The number of hydrogen-bond donors (Lipinski definition) is 0. The van der Waals surface area contributed by atoms with Gasteiger partial charge in [0.05, 0.1) is 10.6 Å². The van der Waals surface area contributed by atoms with Gasteiger partial charge in [-0.3, -0.25) is 9.69 Å². The van der Waals surface area contributed by atoms with Crippen molar-refractivity contribution in [1.82, 2.24) is 4.57 Å². The number of thioether (sulfide) groups is 1. The van der Waals surface area contributed by atoms with E-state index in [1.807, 2.05) is 56.6 Å². The molecule has 0 aliphatic carbocycles. The van der Waals surface area contributed by atoms with Crippen molar-refractivity contribution >= 4 is 56.9 Å². The van der Waals surface area contributed by atoms with E-state index in [1.165, 1.54) is 17.3 Å². The first-order valence-electron chi connectivity index (χ1n) is 8.35. The van der Waals surface area contributed by atoms with E-state index in [4.69, 9.17) is 12.2 Å². The Morgan fingerprint density at radius 2 is 1.85 bits per heavy atom. The van der Waals surface area contributed by atoms with E-state index in [-0.39, 0.29) is 5.91 Å². The summed E-state index contributed by atoms with van der Waals surface area (Å²) < 4.78 is 2.65. The van der Waals surface area contributed by atoms with E-state index >= 15 is 0 Å². The molecule has 2 aromatic carbocycles. The number of rotatable bonds is 2. The smallest absolute Gasteiger partial charge is 0.270 e. The molecule has 0 N–H and O–H groups in total. The van der Waals surface area contributed by atoms with Gasteiger partial charge in [0.25, 0.3) is 5.91 Å². The normalized spacial score (nSPS) is 16.3. The molecule has 1 aromatic heterocycles. The number of amides is 1. The Labute approximate surface area is 162 Å². The minimum atomic E-state index is -0.0591. The first-order chi connectivity index (χ1) is 12.5. The minimum absolute atomic E-state index is 0.0591. The molecule has 1 aliphatic heterocycles. The zero-order valence-electron chi connectivity index (χ0n) is 14.8. The van der Waals surface area contributed by atoms with Crippen LogP contribution in [0.15, 0.2) is 53.6 Å². The van der Waals surface area contributed by atoms with E-state index in [0.29, 0.717) is 9.23 Å². The molecule has 2 heterocycles. The molecule has 3 aromatic rings. The first kappa shape index (κ1) is 17.1. The number of aryl methyl sites for hydroxylation is 3. The third-order valence-corrected chi connectivity index (χ3v) is 6.06. The van der Waals surface area contributed by atoms with Crippen molar-refractivity contribution in [3.63, 3.8) is 0 Å². The molecular weight excluding hydrogens is 360 g/mol. The highest BCUT2D eigenvalue weighted by Crippen LogP contribution is 2.37. The lowest BCUT2D eigenvalue weighted by Gasteiger charge is -2.15. The monoisotopic (exact) mass is 378 g/mol. The van der Waals surface area contributed by atoms with Crippen LogP contribution in [-0.4, -0.2) is 14.8 Å². The molecular formula is C21H18N2OS2. The van der Waals surface area contributed by atoms with Crippen molar-refractivity contribution in [2.24, 2.45) is 7.05 Å². The zero-order chi connectivity index (χ0) is 18.4. The summed E-state index contributed by atoms with van der Waals surface area (Å²) in [4.78, 5) is 15.3.